The van der Waals surface area contributed by atoms with E-state index in [1.807, 2.05) is 0 Å². The number of aromatic hydroxyl groups is 1. The number of thioether (sulfide) groups is 1. The van der Waals surface area contributed by atoms with Crippen LogP contribution >= 0.6 is 35.6 Å². The molecule has 1 aromatic heterocycles. The van der Waals surface area contributed by atoms with Crippen LogP contribution in [0.25, 0.3) is 6.08 Å². The number of nitriles is 1. The number of hydrogen-bond acceptors (Lipinski definition) is 7. The van der Waals surface area contributed by atoms with Crippen LogP contribution in [-0.2, 0) is 11.3 Å². The molecule has 0 unspecified atom stereocenters. The predicted molar refractivity (Wildman–Crippen MR) is 132 cm³/mol. The zero-order chi connectivity index (χ0) is 24.3. The van der Waals surface area contributed by atoms with Gasteiger partial charge in [0.1, 0.15) is 16.0 Å². The van der Waals surface area contributed by atoms with Crippen LogP contribution in [0.2, 0.25) is 5.02 Å². The molecule has 33 heavy (non-hydrogen) atoms. The van der Waals surface area contributed by atoms with Crippen molar-refractivity contribution in [1.82, 2.24) is 9.47 Å². The standard InChI is InChI=1S/C23H18ClN3O4S2/c1-3-9-26-20(29)16(12-25)13(2)19(22(26)31)17(28)8-10-27-21(30)18(33-23(27)32)11-14-4-6-15(24)7-5-14/h3-7,11,31H,1,8-10H2,2H3/b18-11-. The Morgan fingerprint density at radius 2 is 2.00 bits per heavy atom. The highest BCUT2D eigenvalue weighted by atomic mass is 35.5. The summed E-state index contributed by atoms with van der Waals surface area (Å²) >= 11 is 12.3. The molecule has 3 rings (SSSR count). The van der Waals surface area contributed by atoms with Gasteiger partial charge < -0.3 is 5.11 Å². The van der Waals surface area contributed by atoms with E-state index >= 15 is 0 Å². The Kier molecular flexibility index (Phi) is 7.53. The maximum absolute atomic E-state index is 13.0. The Morgan fingerprint density at radius 1 is 1.33 bits per heavy atom. The number of thiocarbonyl (C=S) groups is 1. The van der Waals surface area contributed by atoms with E-state index in [1.165, 1.54) is 17.9 Å². The molecule has 0 saturated carbocycles. The van der Waals surface area contributed by atoms with Gasteiger partial charge in [-0.1, -0.05) is 53.8 Å². The van der Waals surface area contributed by atoms with Gasteiger partial charge >= 0.3 is 0 Å². The van der Waals surface area contributed by atoms with Crippen LogP contribution in [0.5, 0.6) is 5.88 Å². The lowest BCUT2D eigenvalue weighted by atomic mass is 10.00. The zero-order valence-electron chi connectivity index (χ0n) is 17.5. The molecule has 7 nitrogen and oxygen atoms in total. The number of nitrogens with zero attached hydrogens (tertiary/aromatic N) is 3. The highest BCUT2D eigenvalue weighted by Gasteiger charge is 2.33. The number of aromatic nitrogens is 1. The lowest BCUT2D eigenvalue weighted by molar-refractivity contribution is -0.122. The van der Waals surface area contributed by atoms with Crippen molar-refractivity contribution in [3.05, 3.63) is 79.5 Å². The summed E-state index contributed by atoms with van der Waals surface area (Å²) in [7, 11) is 0. The number of allylic oxidation sites excluding steroid dienone is 1. The number of pyridine rings is 1. The molecule has 0 atom stereocenters. The van der Waals surface area contributed by atoms with Crippen molar-refractivity contribution in [3.8, 4) is 11.9 Å². The van der Waals surface area contributed by atoms with Gasteiger partial charge in [0.05, 0.1) is 10.5 Å². The maximum atomic E-state index is 13.0. The van der Waals surface area contributed by atoms with Gasteiger partial charge in [0, 0.05) is 24.5 Å². The van der Waals surface area contributed by atoms with Crippen LogP contribution < -0.4 is 5.56 Å². The SMILES string of the molecule is C=CCn1c(O)c(C(=O)CCN2C(=O)/C(=C/c3ccc(Cl)cc3)SC2=S)c(C)c(C#N)c1=O. The number of benzene rings is 1. The number of halogens is 1. The van der Waals surface area contributed by atoms with E-state index in [0.717, 1.165) is 21.9 Å². The Morgan fingerprint density at radius 3 is 2.61 bits per heavy atom. The molecular formula is C23H18ClN3O4S2. The largest absolute Gasteiger partial charge is 0.494 e. The van der Waals surface area contributed by atoms with Crippen molar-refractivity contribution in [2.24, 2.45) is 0 Å². The third kappa shape index (κ3) is 4.93. The second-order valence-corrected chi connectivity index (χ2v) is 9.19. The first-order valence-electron chi connectivity index (χ1n) is 9.71. The summed E-state index contributed by atoms with van der Waals surface area (Å²) in [5.74, 6) is -1.38. The number of rotatable bonds is 7. The molecule has 168 valence electrons. The fraction of sp³-hybridized carbons (Fsp3) is 0.174. The molecule has 1 saturated heterocycles. The van der Waals surface area contributed by atoms with Crippen molar-refractivity contribution >= 4 is 57.7 Å². The molecule has 0 aliphatic carbocycles. The van der Waals surface area contributed by atoms with Crippen LogP contribution in [0.1, 0.15) is 33.5 Å². The lowest BCUT2D eigenvalue weighted by Crippen LogP contribution is -2.31. The normalized spacial score (nSPS) is 14.6. The number of ketones is 1. The minimum absolute atomic E-state index is 0.0111. The average Bonchev–Trinajstić information content (AvgIpc) is 3.04. The highest BCUT2D eigenvalue weighted by Crippen LogP contribution is 2.33. The molecular weight excluding hydrogens is 482 g/mol. The lowest BCUT2D eigenvalue weighted by Gasteiger charge is -2.17. The van der Waals surface area contributed by atoms with Crippen molar-refractivity contribution in [1.29, 1.82) is 5.26 Å². The molecule has 0 bridgehead atoms. The second-order valence-electron chi connectivity index (χ2n) is 7.07. The smallest absolute Gasteiger partial charge is 0.271 e. The summed E-state index contributed by atoms with van der Waals surface area (Å²) in [6, 6.07) is 8.76. The van der Waals surface area contributed by atoms with E-state index in [4.69, 9.17) is 23.8 Å². The molecule has 1 aliphatic heterocycles. The Bertz CT molecular complexity index is 1310. The fourth-order valence-corrected chi connectivity index (χ4v) is 4.76. The molecule has 0 spiro atoms. The van der Waals surface area contributed by atoms with Gasteiger partial charge in [0.25, 0.3) is 11.5 Å². The summed E-state index contributed by atoms with van der Waals surface area (Å²) in [4.78, 5) is 39.9. The summed E-state index contributed by atoms with van der Waals surface area (Å²) < 4.78 is 1.23. The minimum Gasteiger partial charge on any atom is -0.494 e. The molecule has 10 heteroatoms. The molecule has 1 amide bonds. The number of amides is 1. The highest BCUT2D eigenvalue weighted by molar-refractivity contribution is 8.26. The van der Waals surface area contributed by atoms with E-state index < -0.39 is 17.2 Å². The quantitative estimate of drug-likeness (QED) is 0.265. The third-order valence-corrected chi connectivity index (χ3v) is 6.62. The molecule has 2 aromatic rings. The monoisotopic (exact) mass is 499 g/mol. The van der Waals surface area contributed by atoms with E-state index in [1.54, 1.807) is 36.4 Å². The first-order valence-corrected chi connectivity index (χ1v) is 11.3. The first-order chi connectivity index (χ1) is 15.7. The molecule has 2 heterocycles. The van der Waals surface area contributed by atoms with Crippen LogP contribution in [0.4, 0.5) is 0 Å². The Balaban J connectivity index is 1.83. The van der Waals surface area contributed by atoms with Gasteiger partial charge in [0.15, 0.2) is 5.78 Å². The number of Topliss-reactive ketones (excluding diaryl/α,β-unsaturated/α-hetero) is 1. The van der Waals surface area contributed by atoms with Crippen LogP contribution in [0.3, 0.4) is 0 Å². The summed E-state index contributed by atoms with van der Waals surface area (Å²) in [6.45, 7) is 4.88. The Labute approximate surface area is 204 Å². The molecule has 1 fully saturated rings. The molecule has 1 aromatic carbocycles. The van der Waals surface area contributed by atoms with Crippen molar-refractivity contribution in [2.75, 3.05) is 6.54 Å². The van der Waals surface area contributed by atoms with E-state index in [-0.39, 0.29) is 42.1 Å². The predicted octanol–water partition coefficient (Wildman–Crippen LogP) is 4.05. The fourth-order valence-electron chi connectivity index (χ4n) is 3.32. The summed E-state index contributed by atoms with van der Waals surface area (Å²) in [5.41, 5.74) is -0.179. The van der Waals surface area contributed by atoms with E-state index in [0.29, 0.717) is 14.2 Å². The summed E-state index contributed by atoms with van der Waals surface area (Å²) in [5, 5.41) is 20.5. The van der Waals surface area contributed by atoms with Crippen LogP contribution in [-0.4, -0.2) is 37.1 Å². The van der Waals surface area contributed by atoms with Gasteiger partial charge in [0.2, 0.25) is 5.88 Å². The van der Waals surface area contributed by atoms with Crippen LogP contribution in [0, 0.1) is 18.3 Å². The van der Waals surface area contributed by atoms with Gasteiger partial charge in [-0.3, -0.25) is 23.9 Å². The Hall–Kier alpha value is -3.19. The maximum Gasteiger partial charge on any atom is 0.271 e. The van der Waals surface area contributed by atoms with Crippen molar-refractivity contribution < 1.29 is 14.7 Å². The minimum atomic E-state index is -0.701. The van der Waals surface area contributed by atoms with Crippen molar-refractivity contribution in [2.45, 2.75) is 19.9 Å². The van der Waals surface area contributed by atoms with E-state index in [9.17, 15) is 24.8 Å². The van der Waals surface area contributed by atoms with Gasteiger partial charge in [-0.05, 0) is 36.3 Å². The first kappa shape index (κ1) is 24.5. The van der Waals surface area contributed by atoms with Gasteiger partial charge in [-0.15, -0.1) is 6.58 Å². The molecule has 1 aliphatic rings. The number of hydrogen-bond donors (Lipinski definition) is 1. The third-order valence-electron chi connectivity index (χ3n) is 4.99. The van der Waals surface area contributed by atoms with E-state index in [2.05, 4.69) is 6.58 Å². The van der Waals surface area contributed by atoms with Crippen molar-refractivity contribution in [3.63, 3.8) is 0 Å². The second kappa shape index (κ2) is 10.2. The van der Waals surface area contributed by atoms with Gasteiger partial charge in [-0.25, -0.2) is 0 Å². The molecule has 1 N–H and O–H groups in total. The number of carbonyl (C=O) groups excluding carboxylic acids is 2. The average molecular weight is 500 g/mol. The van der Waals surface area contributed by atoms with Gasteiger partial charge in [-0.2, -0.15) is 5.26 Å². The topological polar surface area (TPSA) is 103 Å². The molecule has 0 radical (unpaired) electrons. The number of carbonyl (C=O) groups is 2. The summed E-state index contributed by atoms with van der Waals surface area (Å²) in [6.07, 6.45) is 2.91. The zero-order valence-corrected chi connectivity index (χ0v) is 19.9. The van der Waals surface area contributed by atoms with Crippen LogP contribution in [0.15, 0.2) is 46.6 Å².